The summed E-state index contributed by atoms with van der Waals surface area (Å²) in [5.74, 6) is 2.87. The molecule has 1 aromatic rings. The number of carbonyl (C=O) groups is 1. The van der Waals surface area contributed by atoms with Crippen molar-refractivity contribution in [3.63, 3.8) is 0 Å². The van der Waals surface area contributed by atoms with Crippen LogP contribution in [0.1, 0.15) is 55.8 Å². The van der Waals surface area contributed by atoms with Crippen molar-refractivity contribution >= 4 is 5.91 Å². The van der Waals surface area contributed by atoms with Gasteiger partial charge in [-0.25, -0.2) is 0 Å². The Morgan fingerprint density at radius 2 is 1.90 bits per heavy atom. The van der Waals surface area contributed by atoms with Gasteiger partial charge in [-0.3, -0.25) is 9.48 Å². The molecular formula is C17H25N3O. The van der Waals surface area contributed by atoms with Gasteiger partial charge in [-0.15, -0.1) is 0 Å². The molecule has 4 saturated carbocycles. The molecule has 5 rings (SSSR count). The number of hydrogen-bond donors (Lipinski definition) is 1. The van der Waals surface area contributed by atoms with Gasteiger partial charge in [0.25, 0.3) is 5.91 Å². The minimum absolute atomic E-state index is 0.0467. The molecule has 4 aliphatic rings. The van der Waals surface area contributed by atoms with E-state index in [1.165, 1.54) is 38.5 Å². The topological polar surface area (TPSA) is 46.9 Å². The lowest BCUT2D eigenvalue weighted by atomic mass is 9.49. The zero-order chi connectivity index (χ0) is 14.4. The quantitative estimate of drug-likeness (QED) is 0.925. The predicted molar refractivity (Wildman–Crippen MR) is 80.8 cm³/mol. The summed E-state index contributed by atoms with van der Waals surface area (Å²) in [5.41, 5.74) is 1.10. The molecule has 21 heavy (non-hydrogen) atoms. The average molecular weight is 287 g/mol. The summed E-state index contributed by atoms with van der Waals surface area (Å²) in [6.07, 6.45) is 11.9. The second-order valence-corrected chi connectivity index (χ2v) is 7.68. The molecule has 4 bridgehead atoms. The van der Waals surface area contributed by atoms with E-state index >= 15 is 0 Å². The summed E-state index contributed by atoms with van der Waals surface area (Å²) in [6, 6.07) is 0. The summed E-state index contributed by atoms with van der Waals surface area (Å²) in [4.78, 5) is 12.3. The molecule has 1 N–H and O–H groups in total. The summed E-state index contributed by atoms with van der Waals surface area (Å²) in [5, 5.41) is 7.39. The van der Waals surface area contributed by atoms with E-state index in [0.717, 1.165) is 30.8 Å². The molecule has 0 aliphatic heterocycles. The number of nitrogens with one attached hydrogen (secondary N) is 1. The Kier molecular flexibility index (Phi) is 3.09. The Morgan fingerprint density at radius 3 is 2.43 bits per heavy atom. The van der Waals surface area contributed by atoms with Crippen molar-refractivity contribution < 1.29 is 4.79 Å². The molecule has 0 radical (unpaired) electrons. The molecule has 0 saturated heterocycles. The van der Waals surface area contributed by atoms with Crippen LogP contribution in [-0.2, 0) is 6.54 Å². The van der Waals surface area contributed by atoms with Crippen LogP contribution in [-0.4, -0.2) is 22.2 Å². The number of aromatic nitrogens is 2. The molecule has 4 aliphatic carbocycles. The third-order valence-corrected chi connectivity index (χ3v) is 6.01. The second-order valence-electron chi connectivity index (χ2n) is 7.68. The number of rotatable bonds is 4. The minimum atomic E-state index is 0.0467. The predicted octanol–water partition coefficient (Wildman–Crippen LogP) is 2.85. The zero-order valence-electron chi connectivity index (χ0n) is 12.8. The van der Waals surface area contributed by atoms with Crippen molar-refractivity contribution in [2.75, 3.05) is 6.54 Å². The molecule has 0 aromatic carbocycles. The molecular weight excluding hydrogens is 262 g/mol. The van der Waals surface area contributed by atoms with E-state index in [2.05, 4.69) is 10.4 Å². The monoisotopic (exact) mass is 287 g/mol. The Morgan fingerprint density at radius 1 is 1.29 bits per heavy atom. The third kappa shape index (κ3) is 2.39. The highest BCUT2D eigenvalue weighted by atomic mass is 16.1. The van der Waals surface area contributed by atoms with Crippen molar-refractivity contribution in [1.82, 2.24) is 15.1 Å². The molecule has 4 heteroatoms. The van der Waals surface area contributed by atoms with E-state index in [4.69, 9.17) is 0 Å². The Hall–Kier alpha value is -1.32. The van der Waals surface area contributed by atoms with Gasteiger partial charge in [0, 0.05) is 19.3 Å². The molecule has 4 nitrogen and oxygen atoms in total. The molecule has 0 atom stereocenters. The van der Waals surface area contributed by atoms with E-state index in [-0.39, 0.29) is 5.91 Å². The fourth-order valence-electron chi connectivity index (χ4n) is 5.53. The van der Waals surface area contributed by atoms with Crippen LogP contribution < -0.4 is 5.32 Å². The van der Waals surface area contributed by atoms with Gasteiger partial charge in [-0.2, -0.15) is 5.10 Å². The number of carbonyl (C=O) groups excluding carboxylic acids is 1. The summed E-state index contributed by atoms with van der Waals surface area (Å²) in [7, 11) is 0. The van der Waals surface area contributed by atoms with Gasteiger partial charge in [-0.05, 0) is 68.6 Å². The van der Waals surface area contributed by atoms with Crippen molar-refractivity contribution in [2.24, 2.45) is 23.2 Å². The van der Waals surface area contributed by atoms with E-state index in [1.807, 2.05) is 13.1 Å². The van der Waals surface area contributed by atoms with Gasteiger partial charge in [0.05, 0.1) is 11.8 Å². The van der Waals surface area contributed by atoms with Gasteiger partial charge in [0.15, 0.2) is 0 Å². The van der Waals surface area contributed by atoms with Crippen LogP contribution >= 0.6 is 0 Å². The lowest BCUT2D eigenvalue weighted by Crippen LogP contribution is -2.51. The van der Waals surface area contributed by atoms with Crippen LogP contribution in [0.4, 0.5) is 0 Å². The first-order valence-corrected chi connectivity index (χ1v) is 8.46. The first-order valence-electron chi connectivity index (χ1n) is 8.46. The first-order chi connectivity index (χ1) is 10.2. The third-order valence-electron chi connectivity index (χ3n) is 6.01. The molecule has 114 valence electrons. The van der Waals surface area contributed by atoms with Crippen LogP contribution in [0.2, 0.25) is 0 Å². The summed E-state index contributed by atoms with van der Waals surface area (Å²) in [6.45, 7) is 3.71. The minimum Gasteiger partial charge on any atom is -0.351 e. The first kappa shape index (κ1) is 13.4. The van der Waals surface area contributed by atoms with Crippen LogP contribution in [0.25, 0.3) is 0 Å². The fraction of sp³-hybridized carbons (Fsp3) is 0.765. The summed E-state index contributed by atoms with van der Waals surface area (Å²) < 4.78 is 1.81. The van der Waals surface area contributed by atoms with Crippen molar-refractivity contribution in [1.29, 1.82) is 0 Å². The molecule has 0 unspecified atom stereocenters. The van der Waals surface area contributed by atoms with Crippen molar-refractivity contribution in [3.8, 4) is 0 Å². The van der Waals surface area contributed by atoms with Gasteiger partial charge < -0.3 is 5.32 Å². The Bertz CT molecular complexity index is 513. The highest BCUT2D eigenvalue weighted by Crippen LogP contribution is 2.59. The maximum Gasteiger partial charge on any atom is 0.254 e. The molecule has 4 fully saturated rings. The maximum absolute atomic E-state index is 12.3. The lowest BCUT2D eigenvalue weighted by Gasteiger charge is -2.56. The average Bonchev–Trinajstić information content (AvgIpc) is 2.92. The molecule has 1 aromatic heterocycles. The molecule has 1 heterocycles. The van der Waals surface area contributed by atoms with E-state index < -0.39 is 0 Å². The van der Waals surface area contributed by atoms with Gasteiger partial charge in [-0.1, -0.05) is 0 Å². The molecule has 0 spiro atoms. The van der Waals surface area contributed by atoms with Gasteiger partial charge in [0.1, 0.15) is 0 Å². The normalized spacial score (nSPS) is 36.9. The van der Waals surface area contributed by atoms with Gasteiger partial charge >= 0.3 is 0 Å². The van der Waals surface area contributed by atoms with E-state index in [0.29, 0.717) is 11.0 Å². The highest BCUT2D eigenvalue weighted by Gasteiger charge is 2.50. The van der Waals surface area contributed by atoms with Crippen LogP contribution in [0, 0.1) is 23.2 Å². The van der Waals surface area contributed by atoms with Crippen molar-refractivity contribution in [3.05, 3.63) is 18.0 Å². The second kappa shape index (κ2) is 4.85. The van der Waals surface area contributed by atoms with Crippen molar-refractivity contribution in [2.45, 2.75) is 52.0 Å². The van der Waals surface area contributed by atoms with Gasteiger partial charge in [0.2, 0.25) is 0 Å². The zero-order valence-corrected chi connectivity index (χ0v) is 12.8. The van der Waals surface area contributed by atoms with Crippen LogP contribution in [0.5, 0.6) is 0 Å². The number of hydrogen-bond acceptors (Lipinski definition) is 2. The molecule has 1 amide bonds. The van der Waals surface area contributed by atoms with E-state index in [1.54, 1.807) is 10.9 Å². The Labute approximate surface area is 126 Å². The maximum atomic E-state index is 12.3. The number of nitrogens with zero attached hydrogens (tertiary/aromatic N) is 2. The lowest BCUT2D eigenvalue weighted by molar-refractivity contribution is -0.0503. The smallest absolute Gasteiger partial charge is 0.254 e. The van der Waals surface area contributed by atoms with Crippen LogP contribution in [0.15, 0.2) is 12.4 Å². The van der Waals surface area contributed by atoms with E-state index in [9.17, 15) is 4.79 Å². The largest absolute Gasteiger partial charge is 0.351 e. The fourth-order valence-corrected chi connectivity index (χ4v) is 5.53. The number of amides is 1. The number of aryl methyl sites for hydroxylation is 1. The highest BCUT2D eigenvalue weighted by molar-refractivity contribution is 5.93. The SMILES string of the molecule is CCn1cc(C(=O)NCC23CC4CC(CC(C4)C2)C3)cn1. The Balaban J connectivity index is 1.41. The standard InChI is InChI=1S/C17H25N3O/c1-2-20-10-15(9-19-20)16(21)18-11-17-6-12-3-13(7-17)5-14(4-12)8-17/h9-10,12-14H,2-8,11H2,1H3,(H,18,21). The van der Waals surface area contributed by atoms with Crippen LogP contribution in [0.3, 0.4) is 0 Å². The summed E-state index contributed by atoms with van der Waals surface area (Å²) >= 11 is 0.